The number of phenolic OH excluding ortho intramolecular Hbond substituents is 1. The molecular formula is C39H41N3O8S. The Morgan fingerprint density at radius 1 is 0.725 bits per heavy atom. The van der Waals surface area contributed by atoms with E-state index in [2.05, 4.69) is 16.0 Å². The van der Waals surface area contributed by atoms with E-state index in [9.17, 15) is 34.2 Å². The molecule has 0 radical (unpaired) electrons. The van der Waals surface area contributed by atoms with Gasteiger partial charge in [0.25, 0.3) is 11.8 Å². The predicted octanol–water partition coefficient (Wildman–Crippen LogP) is 4.80. The Bertz CT molecular complexity index is 1830. The number of rotatable bonds is 16. The lowest BCUT2D eigenvalue weighted by molar-refractivity contribution is -0.143. The third kappa shape index (κ3) is 10.2. The molecule has 4 aromatic carbocycles. The maximum Gasteiger partial charge on any atom is 0.328 e. The summed E-state index contributed by atoms with van der Waals surface area (Å²) in [7, 11) is 1.22. The lowest BCUT2D eigenvalue weighted by atomic mass is 9.91. The van der Waals surface area contributed by atoms with Crippen LogP contribution in [0.15, 0.2) is 103 Å². The lowest BCUT2D eigenvalue weighted by Gasteiger charge is -2.27. The molecule has 0 aliphatic carbocycles. The number of aromatic hydroxyl groups is 1. The van der Waals surface area contributed by atoms with Crippen molar-refractivity contribution in [3.8, 4) is 16.9 Å². The number of hydrogen-bond acceptors (Lipinski definition) is 8. The fraction of sp³-hybridized carbons (Fsp3) is 0.256. The van der Waals surface area contributed by atoms with E-state index in [1.807, 2.05) is 36.6 Å². The fourth-order valence-electron chi connectivity index (χ4n) is 5.61. The van der Waals surface area contributed by atoms with Crippen LogP contribution in [-0.4, -0.2) is 77.1 Å². The van der Waals surface area contributed by atoms with Crippen LogP contribution in [0.5, 0.6) is 5.75 Å². The number of aliphatic carboxylic acids is 1. The highest BCUT2D eigenvalue weighted by Gasteiger charge is 2.32. The van der Waals surface area contributed by atoms with Crippen molar-refractivity contribution in [1.29, 1.82) is 0 Å². The summed E-state index contributed by atoms with van der Waals surface area (Å²) in [5.41, 5.74) is 2.58. The third-order valence-electron chi connectivity index (χ3n) is 8.42. The van der Waals surface area contributed by atoms with Crippen LogP contribution in [0.4, 0.5) is 0 Å². The molecule has 4 rings (SSSR count). The van der Waals surface area contributed by atoms with E-state index in [-0.39, 0.29) is 29.7 Å². The zero-order chi connectivity index (χ0) is 36.9. The molecule has 11 nitrogen and oxygen atoms in total. The van der Waals surface area contributed by atoms with E-state index in [0.717, 1.165) is 5.56 Å². The Hall–Kier alpha value is -5.62. The molecule has 0 aliphatic rings. The molecule has 1 unspecified atom stereocenters. The minimum atomic E-state index is -1.17. The SMILES string of the molecule is COC(=O)C(Cc1ccc(O)cc1)NC(=O)c1ccccc1-c1ccccc1C(=O)N[C@H](C(=O)N[C@@H](CCSC)C(=O)O)[C@@H](C)c1ccccc1. The Kier molecular flexibility index (Phi) is 13.8. The Balaban J connectivity index is 1.65. The number of benzene rings is 4. The van der Waals surface area contributed by atoms with Crippen molar-refractivity contribution >= 4 is 41.4 Å². The summed E-state index contributed by atoms with van der Waals surface area (Å²) < 4.78 is 4.95. The Labute approximate surface area is 300 Å². The van der Waals surface area contributed by atoms with Gasteiger partial charge in [-0.3, -0.25) is 14.4 Å². The van der Waals surface area contributed by atoms with E-state index in [1.54, 1.807) is 67.6 Å². The number of amides is 3. The average molecular weight is 712 g/mol. The van der Waals surface area contributed by atoms with Crippen molar-refractivity contribution in [3.63, 3.8) is 0 Å². The molecule has 0 aliphatic heterocycles. The first kappa shape index (κ1) is 38.2. The van der Waals surface area contributed by atoms with Gasteiger partial charge in [-0.15, -0.1) is 0 Å². The highest BCUT2D eigenvalue weighted by molar-refractivity contribution is 7.98. The van der Waals surface area contributed by atoms with Crippen LogP contribution < -0.4 is 16.0 Å². The van der Waals surface area contributed by atoms with Gasteiger partial charge in [0.05, 0.1) is 7.11 Å². The molecule has 0 saturated heterocycles. The largest absolute Gasteiger partial charge is 0.508 e. The van der Waals surface area contributed by atoms with E-state index in [4.69, 9.17) is 4.74 Å². The zero-order valence-electron chi connectivity index (χ0n) is 28.5. The second-order valence-corrected chi connectivity index (χ2v) is 12.8. The summed E-state index contributed by atoms with van der Waals surface area (Å²) in [5.74, 6) is -3.65. The molecule has 5 N–H and O–H groups in total. The molecule has 12 heteroatoms. The van der Waals surface area contributed by atoms with E-state index >= 15 is 0 Å². The van der Waals surface area contributed by atoms with E-state index in [0.29, 0.717) is 22.4 Å². The van der Waals surface area contributed by atoms with E-state index < -0.39 is 53.7 Å². The van der Waals surface area contributed by atoms with Gasteiger partial charge in [0.1, 0.15) is 23.9 Å². The highest BCUT2D eigenvalue weighted by atomic mass is 32.2. The van der Waals surface area contributed by atoms with Gasteiger partial charge in [0.15, 0.2) is 0 Å². The van der Waals surface area contributed by atoms with Crippen molar-refractivity contribution in [2.75, 3.05) is 19.1 Å². The third-order valence-corrected chi connectivity index (χ3v) is 9.06. The molecule has 4 aromatic rings. The number of phenols is 1. The average Bonchev–Trinajstić information content (AvgIpc) is 3.15. The number of nitrogens with one attached hydrogen (secondary N) is 3. The van der Waals surface area contributed by atoms with Crippen LogP contribution in [0.3, 0.4) is 0 Å². The molecule has 0 spiro atoms. The second kappa shape index (κ2) is 18.4. The molecule has 0 aromatic heterocycles. The highest BCUT2D eigenvalue weighted by Crippen LogP contribution is 2.29. The van der Waals surface area contributed by atoms with Crippen molar-refractivity contribution < 1.29 is 38.9 Å². The van der Waals surface area contributed by atoms with Crippen molar-refractivity contribution in [1.82, 2.24) is 16.0 Å². The number of carbonyl (C=O) groups excluding carboxylic acids is 4. The summed E-state index contributed by atoms with van der Waals surface area (Å²) in [6.07, 6.45) is 2.15. The maximum atomic E-state index is 14.1. The monoisotopic (exact) mass is 711 g/mol. The molecule has 0 heterocycles. The summed E-state index contributed by atoms with van der Waals surface area (Å²) in [6, 6.07) is 25.2. The number of hydrogen-bond donors (Lipinski definition) is 5. The normalized spacial score (nSPS) is 13.2. The molecule has 51 heavy (non-hydrogen) atoms. The molecular weight excluding hydrogens is 671 g/mol. The van der Waals surface area contributed by atoms with Crippen LogP contribution in [0.25, 0.3) is 11.1 Å². The molecule has 3 amide bonds. The van der Waals surface area contributed by atoms with Crippen LogP contribution in [0.2, 0.25) is 0 Å². The molecule has 266 valence electrons. The summed E-state index contributed by atoms with van der Waals surface area (Å²) in [4.78, 5) is 66.3. The first-order valence-corrected chi connectivity index (χ1v) is 17.7. The number of carbonyl (C=O) groups is 5. The minimum absolute atomic E-state index is 0.0612. The second-order valence-electron chi connectivity index (χ2n) is 11.8. The Morgan fingerprint density at radius 2 is 1.27 bits per heavy atom. The van der Waals surface area contributed by atoms with Crippen LogP contribution in [0.1, 0.15) is 51.1 Å². The summed E-state index contributed by atoms with van der Waals surface area (Å²) in [6.45, 7) is 1.78. The fourth-order valence-corrected chi connectivity index (χ4v) is 6.08. The van der Waals surface area contributed by atoms with Gasteiger partial charge in [-0.1, -0.05) is 85.8 Å². The zero-order valence-corrected chi connectivity index (χ0v) is 29.3. The van der Waals surface area contributed by atoms with Gasteiger partial charge >= 0.3 is 11.9 Å². The van der Waals surface area contributed by atoms with Gasteiger partial charge in [-0.25, -0.2) is 9.59 Å². The number of thioether (sulfide) groups is 1. The first-order valence-electron chi connectivity index (χ1n) is 16.3. The first-order chi connectivity index (χ1) is 24.5. The smallest absolute Gasteiger partial charge is 0.328 e. The standard InChI is InChI=1S/C39H41N3O8S/c1-24(26-11-5-4-6-12-26)34(37(46)40-32(38(47)48)21-22-51-3)42-36(45)31-16-10-8-14-29(31)28-13-7-9-15-30(28)35(44)41-33(39(49)50-2)23-25-17-19-27(43)20-18-25/h4-20,24,32-34,43H,21-23H2,1-3H3,(H,40,46)(H,41,44)(H,42,45)(H,47,48)/t24-,32-,33?,34-/m0/s1. The van der Waals surface area contributed by atoms with E-state index in [1.165, 1.54) is 31.0 Å². The van der Waals surface area contributed by atoms with Crippen LogP contribution in [-0.2, 0) is 25.5 Å². The topological polar surface area (TPSA) is 171 Å². The van der Waals surface area contributed by atoms with Crippen molar-refractivity contribution in [3.05, 3.63) is 125 Å². The number of carboxylic acids is 1. The number of esters is 1. The lowest BCUT2D eigenvalue weighted by Crippen LogP contribution is -2.53. The predicted molar refractivity (Wildman–Crippen MR) is 196 cm³/mol. The van der Waals surface area contributed by atoms with Crippen LogP contribution >= 0.6 is 11.8 Å². The van der Waals surface area contributed by atoms with Crippen molar-refractivity contribution in [2.24, 2.45) is 0 Å². The summed E-state index contributed by atoms with van der Waals surface area (Å²) >= 11 is 1.46. The van der Waals surface area contributed by atoms with Gasteiger partial charge in [-0.2, -0.15) is 11.8 Å². The van der Waals surface area contributed by atoms with Gasteiger partial charge in [0, 0.05) is 23.5 Å². The Morgan fingerprint density at radius 3 is 1.82 bits per heavy atom. The number of ether oxygens (including phenoxy) is 1. The summed E-state index contributed by atoms with van der Waals surface area (Å²) in [5, 5.41) is 27.6. The van der Waals surface area contributed by atoms with Gasteiger partial charge in [0.2, 0.25) is 5.91 Å². The van der Waals surface area contributed by atoms with Gasteiger partial charge in [-0.05, 0) is 64.9 Å². The van der Waals surface area contributed by atoms with Gasteiger partial charge < -0.3 is 30.9 Å². The molecule has 0 saturated carbocycles. The maximum absolute atomic E-state index is 14.1. The van der Waals surface area contributed by atoms with Crippen molar-refractivity contribution in [2.45, 2.75) is 43.8 Å². The molecule has 0 bridgehead atoms. The number of carboxylic acid groups (broad SMARTS) is 1. The quantitative estimate of drug-likeness (QED) is 0.103. The minimum Gasteiger partial charge on any atom is -0.508 e. The number of methoxy groups -OCH3 is 1. The molecule has 0 fully saturated rings. The molecule has 4 atom stereocenters. The van der Waals surface area contributed by atoms with Crippen LogP contribution in [0, 0.1) is 0 Å².